The van der Waals surface area contributed by atoms with Crippen molar-refractivity contribution in [3.63, 3.8) is 0 Å². The molecule has 0 aliphatic heterocycles. The molecule has 0 aromatic carbocycles. The van der Waals surface area contributed by atoms with Gasteiger partial charge in [-0.15, -0.1) is 11.3 Å². The fourth-order valence-corrected chi connectivity index (χ4v) is 2.51. The topological polar surface area (TPSA) is 37.3 Å². The van der Waals surface area contributed by atoms with Gasteiger partial charge in [0.2, 0.25) is 0 Å². The molecule has 0 spiro atoms. The van der Waals surface area contributed by atoms with Crippen molar-refractivity contribution >= 4 is 28.9 Å². The summed E-state index contributed by atoms with van der Waals surface area (Å²) in [7, 11) is 0. The van der Waals surface area contributed by atoms with Crippen LogP contribution in [0.25, 0.3) is 0 Å². The molecule has 0 bridgehead atoms. The molecule has 13 heavy (non-hydrogen) atoms. The van der Waals surface area contributed by atoms with Crippen molar-refractivity contribution in [2.45, 2.75) is 26.2 Å². The minimum atomic E-state index is -0.914. The summed E-state index contributed by atoms with van der Waals surface area (Å²) < 4.78 is 0. The highest BCUT2D eigenvalue weighted by Gasteiger charge is 2.22. The second-order valence-electron chi connectivity index (χ2n) is 3.84. The molecule has 1 heterocycles. The number of hydrogen-bond donors (Lipinski definition) is 1. The van der Waals surface area contributed by atoms with Gasteiger partial charge in [0.15, 0.2) is 0 Å². The Morgan fingerprint density at radius 1 is 1.54 bits per heavy atom. The summed E-state index contributed by atoms with van der Waals surface area (Å²) in [5.74, 6) is -0.914. The Morgan fingerprint density at radius 2 is 2.08 bits per heavy atom. The highest BCUT2D eigenvalue weighted by Crippen LogP contribution is 2.36. The minimum absolute atomic E-state index is 0.0878. The lowest BCUT2D eigenvalue weighted by Gasteiger charge is -2.16. The lowest BCUT2D eigenvalue weighted by Crippen LogP contribution is -2.08. The lowest BCUT2D eigenvalue weighted by molar-refractivity contribution is 0.0702. The number of thiophene rings is 1. The van der Waals surface area contributed by atoms with E-state index in [1.165, 1.54) is 17.4 Å². The van der Waals surface area contributed by atoms with Crippen molar-refractivity contribution in [2.24, 2.45) is 0 Å². The Hall–Kier alpha value is -0.540. The first kappa shape index (κ1) is 10.5. The van der Waals surface area contributed by atoms with Crippen LogP contribution in [0.4, 0.5) is 0 Å². The summed E-state index contributed by atoms with van der Waals surface area (Å²) in [5.41, 5.74) is -0.0878. The fraction of sp³-hybridized carbons (Fsp3) is 0.444. The van der Waals surface area contributed by atoms with Crippen LogP contribution in [0.3, 0.4) is 0 Å². The molecule has 0 aliphatic carbocycles. The molecular weight excluding hydrogens is 208 g/mol. The standard InChI is InChI=1S/C9H11ClO2S/c1-9(2,3)7-5(10)4-6(13-7)8(11)12/h4H,1-3H3,(H,11,12). The van der Waals surface area contributed by atoms with Crippen LogP contribution in [-0.2, 0) is 5.41 Å². The number of rotatable bonds is 1. The van der Waals surface area contributed by atoms with Gasteiger partial charge in [0.05, 0.1) is 5.02 Å². The Labute approximate surface area is 86.2 Å². The zero-order chi connectivity index (χ0) is 10.2. The average molecular weight is 219 g/mol. The van der Waals surface area contributed by atoms with Crippen LogP contribution < -0.4 is 0 Å². The highest BCUT2D eigenvalue weighted by atomic mass is 35.5. The van der Waals surface area contributed by atoms with E-state index in [9.17, 15) is 4.79 Å². The second-order valence-corrected chi connectivity index (χ2v) is 5.30. The third-order valence-corrected chi connectivity index (χ3v) is 3.54. The van der Waals surface area contributed by atoms with Crippen molar-refractivity contribution < 1.29 is 9.90 Å². The Morgan fingerprint density at radius 3 is 2.31 bits per heavy atom. The molecule has 0 radical (unpaired) electrons. The molecule has 0 aliphatic rings. The van der Waals surface area contributed by atoms with E-state index in [0.717, 1.165) is 4.88 Å². The quantitative estimate of drug-likeness (QED) is 0.785. The number of halogens is 1. The smallest absolute Gasteiger partial charge is 0.345 e. The monoisotopic (exact) mass is 218 g/mol. The molecule has 1 N–H and O–H groups in total. The van der Waals surface area contributed by atoms with Crippen LogP contribution in [0.15, 0.2) is 6.07 Å². The molecule has 4 heteroatoms. The van der Waals surface area contributed by atoms with Crippen LogP contribution in [0.2, 0.25) is 5.02 Å². The molecule has 0 fully saturated rings. The molecule has 0 atom stereocenters. The van der Waals surface area contributed by atoms with E-state index < -0.39 is 5.97 Å². The van der Waals surface area contributed by atoms with E-state index in [-0.39, 0.29) is 5.41 Å². The number of carboxylic acid groups (broad SMARTS) is 1. The number of carbonyl (C=O) groups is 1. The summed E-state index contributed by atoms with van der Waals surface area (Å²) >= 11 is 7.16. The van der Waals surface area contributed by atoms with Gasteiger partial charge in [0.25, 0.3) is 0 Å². The molecule has 2 nitrogen and oxygen atoms in total. The third kappa shape index (κ3) is 2.23. The van der Waals surface area contributed by atoms with Crippen LogP contribution in [0.5, 0.6) is 0 Å². The van der Waals surface area contributed by atoms with Crippen LogP contribution >= 0.6 is 22.9 Å². The summed E-state index contributed by atoms with van der Waals surface area (Å²) in [6, 6.07) is 1.51. The fourth-order valence-electron chi connectivity index (χ4n) is 0.986. The van der Waals surface area contributed by atoms with Gasteiger partial charge in [0, 0.05) is 4.88 Å². The van der Waals surface area contributed by atoms with Gasteiger partial charge < -0.3 is 5.11 Å². The normalized spacial score (nSPS) is 11.7. The Kier molecular flexibility index (Phi) is 2.68. The van der Waals surface area contributed by atoms with E-state index in [4.69, 9.17) is 16.7 Å². The van der Waals surface area contributed by atoms with Crippen molar-refractivity contribution in [3.8, 4) is 0 Å². The summed E-state index contributed by atoms with van der Waals surface area (Å²) in [6.45, 7) is 6.03. The van der Waals surface area contributed by atoms with Gasteiger partial charge in [-0.2, -0.15) is 0 Å². The SMILES string of the molecule is CC(C)(C)c1sc(C(=O)O)cc1Cl. The first-order valence-electron chi connectivity index (χ1n) is 3.85. The number of carboxylic acids is 1. The van der Waals surface area contributed by atoms with E-state index in [1.54, 1.807) is 0 Å². The van der Waals surface area contributed by atoms with Crippen molar-refractivity contribution in [1.82, 2.24) is 0 Å². The highest BCUT2D eigenvalue weighted by molar-refractivity contribution is 7.14. The van der Waals surface area contributed by atoms with Crippen LogP contribution in [-0.4, -0.2) is 11.1 Å². The molecule has 1 rings (SSSR count). The molecule has 0 saturated heterocycles. The first-order chi connectivity index (χ1) is 5.82. The molecular formula is C9H11ClO2S. The Balaban J connectivity index is 3.18. The molecule has 72 valence electrons. The molecule has 0 saturated carbocycles. The molecule has 1 aromatic rings. The van der Waals surface area contributed by atoms with E-state index in [2.05, 4.69) is 0 Å². The van der Waals surface area contributed by atoms with Crippen molar-refractivity contribution in [3.05, 3.63) is 20.8 Å². The van der Waals surface area contributed by atoms with Gasteiger partial charge in [-0.1, -0.05) is 32.4 Å². The van der Waals surface area contributed by atoms with Gasteiger partial charge in [-0.25, -0.2) is 4.79 Å². The van der Waals surface area contributed by atoms with Crippen molar-refractivity contribution in [1.29, 1.82) is 0 Å². The maximum Gasteiger partial charge on any atom is 0.345 e. The van der Waals surface area contributed by atoms with E-state index >= 15 is 0 Å². The van der Waals surface area contributed by atoms with Crippen LogP contribution in [0, 0.1) is 0 Å². The largest absolute Gasteiger partial charge is 0.477 e. The van der Waals surface area contributed by atoms with E-state index in [0.29, 0.717) is 9.90 Å². The predicted molar refractivity (Wildman–Crippen MR) is 55.0 cm³/mol. The third-order valence-electron chi connectivity index (χ3n) is 1.58. The second kappa shape index (κ2) is 3.31. The molecule has 1 aromatic heterocycles. The van der Waals surface area contributed by atoms with Crippen LogP contribution in [0.1, 0.15) is 35.3 Å². The molecule has 0 unspecified atom stereocenters. The predicted octanol–water partition coefficient (Wildman–Crippen LogP) is 3.40. The van der Waals surface area contributed by atoms with Gasteiger partial charge in [-0.05, 0) is 11.5 Å². The molecule has 0 amide bonds. The first-order valence-corrected chi connectivity index (χ1v) is 5.05. The zero-order valence-corrected chi connectivity index (χ0v) is 9.29. The van der Waals surface area contributed by atoms with Crippen molar-refractivity contribution in [2.75, 3.05) is 0 Å². The number of aromatic carboxylic acids is 1. The summed E-state index contributed by atoms with van der Waals surface area (Å²) in [6.07, 6.45) is 0. The van der Waals surface area contributed by atoms with Gasteiger partial charge in [-0.3, -0.25) is 0 Å². The van der Waals surface area contributed by atoms with Gasteiger partial charge >= 0.3 is 5.97 Å². The maximum atomic E-state index is 10.6. The average Bonchev–Trinajstić information content (AvgIpc) is 2.29. The Bertz CT molecular complexity index is 336. The summed E-state index contributed by atoms with van der Waals surface area (Å²) in [4.78, 5) is 11.9. The zero-order valence-electron chi connectivity index (χ0n) is 7.72. The van der Waals surface area contributed by atoms with E-state index in [1.807, 2.05) is 20.8 Å². The summed E-state index contributed by atoms with van der Waals surface area (Å²) in [5, 5.41) is 9.29. The lowest BCUT2D eigenvalue weighted by atomic mass is 9.95. The maximum absolute atomic E-state index is 10.6. The number of hydrogen-bond acceptors (Lipinski definition) is 2. The van der Waals surface area contributed by atoms with Gasteiger partial charge in [0.1, 0.15) is 4.88 Å². The minimum Gasteiger partial charge on any atom is -0.477 e.